The van der Waals surface area contributed by atoms with Crippen LogP contribution in [0.3, 0.4) is 0 Å². The van der Waals surface area contributed by atoms with Gasteiger partial charge in [0.2, 0.25) is 5.89 Å². The van der Waals surface area contributed by atoms with Crippen LogP contribution in [0.25, 0.3) is 0 Å². The Bertz CT molecular complexity index is 316. The van der Waals surface area contributed by atoms with Gasteiger partial charge in [-0.15, -0.1) is 0 Å². The second-order valence-electron chi connectivity index (χ2n) is 4.24. The van der Waals surface area contributed by atoms with Crippen molar-refractivity contribution in [3.8, 4) is 0 Å². The fourth-order valence-electron chi connectivity index (χ4n) is 1.86. The van der Waals surface area contributed by atoms with E-state index in [-0.39, 0.29) is 0 Å². The zero-order valence-electron chi connectivity index (χ0n) is 11.2. The predicted molar refractivity (Wildman–Crippen MR) is 72.3 cm³/mol. The number of aromatic nitrogens is 2. The van der Waals surface area contributed by atoms with Crippen molar-refractivity contribution >= 4 is 11.8 Å². The van der Waals surface area contributed by atoms with Crippen LogP contribution >= 0.6 is 11.8 Å². The third kappa shape index (κ3) is 4.32. The van der Waals surface area contributed by atoms with Gasteiger partial charge >= 0.3 is 0 Å². The number of rotatable bonds is 8. The summed E-state index contributed by atoms with van der Waals surface area (Å²) in [4.78, 5) is 4.46. The molecule has 0 aliphatic heterocycles. The third-order valence-electron chi connectivity index (χ3n) is 2.83. The molecule has 1 aromatic rings. The Labute approximate surface area is 108 Å². The van der Waals surface area contributed by atoms with Crippen molar-refractivity contribution in [2.45, 2.75) is 51.3 Å². The molecule has 1 aromatic heterocycles. The zero-order valence-corrected chi connectivity index (χ0v) is 12.0. The Morgan fingerprint density at radius 3 is 2.76 bits per heavy atom. The molecule has 2 atom stereocenters. The highest BCUT2D eigenvalue weighted by atomic mass is 32.2. The van der Waals surface area contributed by atoms with Crippen molar-refractivity contribution in [2.75, 3.05) is 12.8 Å². The van der Waals surface area contributed by atoms with Crippen molar-refractivity contribution in [1.29, 1.82) is 0 Å². The summed E-state index contributed by atoms with van der Waals surface area (Å²) in [6.07, 6.45) is 4.19. The minimum atomic E-state index is 0.310. The van der Waals surface area contributed by atoms with E-state index in [2.05, 4.69) is 36.2 Å². The van der Waals surface area contributed by atoms with E-state index in [1.807, 2.05) is 6.26 Å². The normalized spacial score (nSPS) is 14.8. The monoisotopic (exact) mass is 257 g/mol. The Balaban J connectivity index is 2.64. The van der Waals surface area contributed by atoms with Gasteiger partial charge in [-0.25, -0.2) is 0 Å². The van der Waals surface area contributed by atoms with Gasteiger partial charge in [-0.05, 0) is 32.6 Å². The molecule has 0 amide bonds. The summed E-state index contributed by atoms with van der Waals surface area (Å²) >= 11 is 1.71. The highest BCUT2D eigenvalue weighted by molar-refractivity contribution is 7.97. The van der Waals surface area contributed by atoms with E-state index in [1.54, 1.807) is 11.8 Å². The van der Waals surface area contributed by atoms with Gasteiger partial charge in [0.1, 0.15) is 0 Å². The molecule has 0 bridgehead atoms. The van der Waals surface area contributed by atoms with Gasteiger partial charge in [0.05, 0.1) is 11.7 Å². The summed E-state index contributed by atoms with van der Waals surface area (Å²) in [5.74, 6) is 2.70. The predicted octanol–water partition coefficient (Wildman–Crippen LogP) is 2.81. The van der Waals surface area contributed by atoms with Gasteiger partial charge in [0, 0.05) is 6.04 Å². The Morgan fingerprint density at radius 1 is 1.41 bits per heavy atom. The molecule has 1 heterocycles. The first-order chi connectivity index (χ1) is 8.22. The van der Waals surface area contributed by atoms with E-state index in [4.69, 9.17) is 4.52 Å². The average molecular weight is 257 g/mol. The summed E-state index contributed by atoms with van der Waals surface area (Å²) in [6, 6.07) is 0.377. The Morgan fingerprint density at radius 2 is 2.18 bits per heavy atom. The van der Waals surface area contributed by atoms with Gasteiger partial charge in [-0.3, -0.25) is 0 Å². The van der Waals surface area contributed by atoms with E-state index in [0.29, 0.717) is 12.0 Å². The Hall–Kier alpha value is -0.550. The molecule has 0 fully saturated rings. The molecule has 17 heavy (non-hydrogen) atoms. The van der Waals surface area contributed by atoms with Gasteiger partial charge in [0.15, 0.2) is 5.82 Å². The molecule has 1 rings (SSSR count). The van der Waals surface area contributed by atoms with Crippen molar-refractivity contribution in [2.24, 2.45) is 0 Å². The minimum absolute atomic E-state index is 0.310. The van der Waals surface area contributed by atoms with Gasteiger partial charge in [0.25, 0.3) is 0 Å². The smallest absolute Gasteiger partial charge is 0.231 e. The van der Waals surface area contributed by atoms with Crippen LogP contribution in [0.15, 0.2) is 4.52 Å². The lowest BCUT2D eigenvalue weighted by molar-refractivity contribution is 0.314. The zero-order chi connectivity index (χ0) is 12.7. The van der Waals surface area contributed by atoms with E-state index >= 15 is 0 Å². The van der Waals surface area contributed by atoms with Gasteiger partial charge in [-0.1, -0.05) is 19.0 Å². The molecule has 0 aliphatic rings. The maximum Gasteiger partial charge on any atom is 0.231 e. The number of hydrogen-bond acceptors (Lipinski definition) is 5. The van der Waals surface area contributed by atoms with E-state index in [0.717, 1.165) is 36.9 Å². The van der Waals surface area contributed by atoms with Crippen LogP contribution in [0, 0.1) is 0 Å². The molecular formula is C12H23N3OS. The molecule has 2 unspecified atom stereocenters. The van der Waals surface area contributed by atoms with Crippen molar-refractivity contribution < 1.29 is 4.52 Å². The molecule has 0 aliphatic carbocycles. The number of nitrogens with zero attached hydrogens (tertiary/aromatic N) is 2. The minimum Gasteiger partial charge on any atom is -0.339 e. The Kier molecular flexibility index (Phi) is 6.58. The van der Waals surface area contributed by atoms with Crippen LogP contribution in [-0.4, -0.2) is 29.0 Å². The van der Waals surface area contributed by atoms with Crippen molar-refractivity contribution in [1.82, 2.24) is 15.5 Å². The first-order valence-electron chi connectivity index (χ1n) is 6.27. The molecule has 0 spiro atoms. The van der Waals surface area contributed by atoms with E-state index < -0.39 is 0 Å². The lowest BCUT2D eigenvalue weighted by atomic mass is 9.98. The van der Waals surface area contributed by atoms with Crippen LogP contribution in [0.5, 0.6) is 0 Å². The van der Waals surface area contributed by atoms with Crippen LogP contribution in [0.2, 0.25) is 0 Å². The first kappa shape index (κ1) is 14.5. The molecule has 5 heteroatoms. The summed E-state index contributed by atoms with van der Waals surface area (Å²) in [5.41, 5.74) is 0. The molecule has 0 aromatic carbocycles. The highest BCUT2D eigenvalue weighted by Crippen LogP contribution is 2.22. The largest absolute Gasteiger partial charge is 0.339 e. The molecular weight excluding hydrogens is 234 g/mol. The molecule has 0 saturated heterocycles. The van der Waals surface area contributed by atoms with Crippen LogP contribution in [0.1, 0.15) is 51.2 Å². The average Bonchev–Trinajstić information content (AvgIpc) is 2.76. The lowest BCUT2D eigenvalue weighted by Gasteiger charge is -2.20. The maximum atomic E-state index is 5.36. The summed E-state index contributed by atoms with van der Waals surface area (Å²) in [6.45, 7) is 7.54. The molecule has 0 saturated carbocycles. The number of nitrogens with one attached hydrogen (secondary N) is 1. The van der Waals surface area contributed by atoms with Gasteiger partial charge in [-0.2, -0.15) is 16.7 Å². The number of hydrogen-bond donors (Lipinski definition) is 1. The van der Waals surface area contributed by atoms with E-state index in [1.165, 1.54) is 0 Å². The van der Waals surface area contributed by atoms with Crippen molar-refractivity contribution in [3.05, 3.63) is 11.7 Å². The van der Waals surface area contributed by atoms with E-state index in [9.17, 15) is 0 Å². The topological polar surface area (TPSA) is 51.0 Å². The molecule has 98 valence electrons. The fourth-order valence-corrected chi connectivity index (χ4v) is 2.24. The fraction of sp³-hybridized carbons (Fsp3) is 0.833. The second kappa shape index (κ2) is 7.71. The SMILES string of the molecule is CCCNC(C)C(CC)c1nc(CSC)no1. The quantitative estimate of drug-likeness (QED) is 0.776. The standard InChI is InChI=1S/C12H23N3OS/c1-5-7-13-9(3)10(6-2)12-14-11(8-17-4)15-16-12/h9-10,13H,5-8H2,1-4H3. The summed E-state index contributed by atoms with van der Waals surface area (Å²) in [7, 11) is 0. The van der Waals surface area contributed by atoms with Crippen LogP contribution < -0.4 is 5.32 Å². The highest BCUT2D eigenvalue weighted by Gasteiger charge is 2.22. The summed E-state index contributed by atoms with van der Waals surface area (Å²) in [5, 5.41) is 7.49. The molecule has 0 radical (unpaired) electrons. The van der Waals surface area contributed by atoms with Gasteiger partial charge < -0.3 is 9.84 Å². The molecule has 4 nitrogen and oxygen atoms in total. The third-order valence-corrected chi connectivity index (χ3v) is 3.38. The lowest BCUT2D eigenvalue weighted by Crippen LogP contribution is -2.32. The first-order valence-corrected chi connectivity index (χ1v) is 7.67. The summed E-state index contributed by atoms with van der Waals surface area (Å²) < 4.78 is 5.36. The van der Waals surface area contributed by atoms with Crippen LogP contribution in [-0.2, 0) is 5.75 Å². The maximum absolute atomic E-state index is 5.36. The van der Waals surface area contributed by atoms with Crippen molar-refractivity contribution in [3.63, 3.8) is 0 Å². The molecule has 1 N–H and O–H groups in total. The number of thioether (sulfide) groups is 1. The van der Waals surface area contributed by atoms with Crippen LogP contribution in [0.4, 0.5) is 0 Å². The second-order valence-corrected chi connectivity index (χ2v) is 5.11.